The summed E-state index contributed by atoms with van der Waals surface area (Å²) >= 11 is 6.17. The molecule has 2 aliphatic rings. The van der Waals surface area contributed by atoms with Crippen LogP contribution in [0.3, 0.4) is 0 Å². The minimum atomic E-state index is -1.16. The van der Waals surface area contributed by atoms with Crippen molar-refractivity contribution < 1.29 is 19.4 Å². The number of amides is 1. The summed E-state index contributed by atoms with van der Waals surface area (Å²) in [6, 6.07) is 1.98. The van der Waals surface area contributed by atoms with E-state index in [0.29, 0.717) is 49.8 Å². The second-order valence-corrected chi connectivity index (χ2v) is 8.34. The van der Waals surface area contributed by atoms with Crippen LogP contribution >= 0.6 is 24.0 Å². The molecular weight excluding hydrogens is 428 g/mol. The predicted molar refractivity (Wildman–Crippen MR) is 116 cm³/mol. The van der Waals surface area contributed by atoms with Gasteiger partial charge in [0.2, 0.25) is 0 Å². The molecule has 0 aromatic carbocycles. The molecule has 0 spiro atoms. The van der Waals surface area contributed by atoms with Crippen LogP contribution in [0.25, 0.3) is 6.08 Å². The Morgan fingerprint density at radius 2 is 2.03 bits per heavy atom. The number of morpholine rings is 1. The van der Waals surface area contributed by atoms with Crippen LogP contribution in [-0.2, 0) is 20.9 Å². The molecule has 158 valence electrons. The third-order valence-electron chi connectivity index (χ3n) is 4.92. The summed E-state index contributed by atoms with van der Waals surface area (Å²) in [5.74, 6) is -1.05. The summed E-state index contributed by atoms with van der Waals surface area (Å²) < 4.78 is 7.11. The first-order chi connectivity index (χ1) is 14.3. The van der Waals surface area contributed by atoms with Crippen molar-refractivity contribution in [1.82, 2.24) is 9.47 Å². The maximum atomic E-state index is 12.9. The van der Waals surface area contributed by atoms with Gasteiger partial charge in [-0.25, -0.2) is 0 Å². The van der Waals surface area contributed by atoms with Crippen molar-refractivity contribution in [2.75, 3.05) is 37.7 Å². The van der Waals surface area contributed by atoms with E-state index in [1.165, 1.54) is 4.57 Å². The normalized spacial score (nSPS) is 18.2. The molecule has 0 atom stereocenters. The van der Waals surface area contributed by atoms with Gasteiger partial charge in [0, 0.05) is 25.2 Å². The van der Waals surface area contributed by atoms with E-state index in [2.05, 4.69) is 0 Å². The Bertz CT molecular complexity index is 1050. The van der Waals surface area contributed by atoms with Crippen LogP contribution in [-0.4, -0.2) is 63.6 Å². The molecule has 0 bridgehead atoms. The summed E-state index contributed by atoms with van der Waals surface area (Å²) in [7, 11) is 0. The number of rotatable bonds is 5. The molecule has 30 heavy (non-hydrogen) atoms. The van der Waals surface area contributed by atoms with E-state index >= 15 is 0 Å². The molecule has 0 unspecified atom stereocenters. The molecule has 1 N–H and O–H groups in total. The van der Waals surface area contributed by atoms with Gasteiger partial charge in [0.1, 0.15) is 28.3 Å². The standard InChI is InChI=1S/C19H20N4O5S2/c1-3-22-16(21-4-6-28-7-5-21)12(11(2)13(9-20)17(22)26)8-14-18(27)23(10-15(24)25)19(29)30-14/h8H,3-7,10H2,1-2H3,(H,24,25)/b14-8+. The highest BCUT2D eigenvalue weighted by atomic mass is 32.2. The fourth-order valence-electron chi connectivity index (χ4n) is 3.46. The van der Waals surface area contributed by atoms with Crippen LogP contribution in [0.4, 0.5) is 5.82 Å². The highest BCUT2D eigenvalue weighted by Crippen LogP contribution is 2.35. The third kappa shape index (κ3) is 3.98. The second kappa shape index (κ2) is 8.99. The first kappa shape index (κ1) is 22.0. The van der Waals surface area contributed by atoms with Gasteiger partial charge in [0.25, 0.3) is 11.5 Å². The van der Waals surface area contributed by atoms with Gasteiger partial charge in [-0.3, -0.25) is 23.9 Å². The number of carbonyl (C=O) groups excluding carboxylic acids is 1. The maximum absolute atomic E-state index is 12.9. The number of nitriles is 1. The lowest BCUT2D eigenvalue weighted by Gasteiger charge is -2.33. The van der Waals surface area contributed by atoms with Gasteiger partial charge in [0.05, 0.1) is 18.1 Å². The topological polar surface area (TPSA) is 116 Å². The highest BCUT2D eigenvalue weighted by molar-refractivity contribution is 8.26. The Morgan fingerprint density at radius 1 is 1.37 bits per heavy atom. The molecule has 0 saturated carbocycles. The number of anilines is 1. The average Bonchev–Trinajstić information content (AvgIpc) is 2.97. The highest BCUT2D eigenvalue weighted by Gasteiger charge is 2.34. The van der Waals surface area contributed by atoms with Crippen molar-refractivity contribution in [3.05, 3.63) is 31.9 Å². The van der Waals surface area contributed by atoms with Gasteiger partial charge in [-0.15, -0.1) is 0 Å². The fraction of sp³-hybridized carbons (Fsp3) is 0.421. The first-order valence-corrected chi connectivity index (χ1v) is 10.5. The Morgan fingerprint density at radius 3 is 2.60 bits per heavy atom. The summed E-state index contributed by atoms with van der Waals surface area (Å²) in [6.45, 7) is 5.44. The van der Waals surface area contributed by atoms with Gasteiger partial charge >= 0.3 is 5.97 Å². The zero-order valence-electron chi connectivity index (χ0n) is 16.5. The molecule has 0 aliphatic carbocycles. The number of thioether (sulfide) groups is 1. The van der Waals surface area contributed by atoms with E-state index < -0.39 is 18.4 Å². The molecule has 11 heteroatoms. The van der Waals surface area contributed by atoms with Crippen molar-refractivity contribution in [3.8, 4) is 6.07 Å². The number of aromatic nitrogens is 1. The summed E-state index contributed by atoms with van der Waals surface area (Å²) in [6.07, 6.45) is 1.60. The van der Waals surface area contributed by atoms with Gasteiger partial charge in [0.15, 0.2) is 0 Å². The van der Waals surface area contributed by atoms with Crippen molar-refractivity contribution in [2.45, 2.75) is 20.4 Å². The predicted octanol–water partition coefficient (Wildman–Crippen LogP) is 1.17. The zero-order valence-corrected chi connectivity index (χ0v) is 18.1. The van der Waals surface area contributed by atoms with Crippen molar-refractivity contribution in [1.29, 1.82) is 5.26 Å². The van der Waals surface area contributed by atoms with Gasteiger partial charge in [-0.1, -0.05) is 24.0 Å². The van der Waals surface area contributed by atoms with Crippen LogP contribution < -0.4 is 10.5 Å². The van der Waals surface area contributed by atoms with E-state index in [9.17, 15) is 19.6 Å². The number of hydrogen-bond acceptors (Lipinski definition) is 8. The Labute approximate surface area is 182 Å². The molecular formula is C19H20N4O5S2. The van der Waals surface area contributed by atoms with Gasteiger partial charge in [-0.2, -0.15) is 5.26 Å². The average molecular weight is 449 g/mol. The van der Waals surface area contributed by atoms with E-state index in [1.807, 2.05) is 17.9 Å². The van der Waals surface area contributed by atoms with E-state index in [0.717, 1.165) is 16.7 Å². The lowest BCUT2D eigenvalue weighted by molar-refractivity contribution is -0.140. The third-order valence-corrected chi connectivity index (χ3v) is 6.29. The molecule has 2 aliphatic heterocycles. The lowest BCUT2D eigenvalue weighted by Crippen LogP contribution is -2.41. The number of carbonyl (C=O) groups is 2. The number of ether oxygens (including phenoxy) is 1. The lowest BCUT2D eigenvalue weighted by atomic mass is 10.0. The summed E-state index contributed by atoms with van der Waals surface area (Å²) in [4.78, 5) is 40.0. The van der Waals surface area contributed by atoms with Crippen LogP contribution in [0.1, 0.15) is 23.6 Å². The number of aliphatic carboxylic acids is 1. The molecule has 3 heterocycles. The molecule has 1 aromatic rings. The number of hydrogen-bond donors (Lipinski definition) is 1. The quantitative estimate of drug-likeness (QED) is 0.523. The fourth-order valence-corrected chi connectivity index (χ4v) is 4.69. The minimum absolute atomic E-state index is 0.0149. The smallest absolute Gasteiger partial charge is 0.323 e. The number of thiocarbonyl (C=S) groups is 1. The van der Waals surface area contributed by atoms with Gasteiger partial charge < -0.3 is 14.7 Å². The summed E-state index contributed by atoms with van der Waals surface area (Å²) in [5, 5.41) is 18.6. The summed E-state index contributed by atoms with van der Waals surface area (Å²) in [5.41, 5.74) is 0.679. The van der Waals surface area contributed by atoms with Crippen LogP contribution in [0.5, 0.6) is 0 Å². The molecule has 0 radical (unpaired) electrons. The van der Waals surface area contributed by atoms with E-state index in [-0.39, 0.29) is 20.3 Å². The maximum Gasteiger partial charge on any atom is 0.323 e. The molecule has 9 nitrogen and oxygen atoms in total. The zero-order chi connectivity index (χ0) is 22.0. The SMILES string of the molecule is CCn1c(N2CCOCC2)c(/C=C2/SC(=S)N(CC(=O)O)C2=O)c(C)c(C#N)c1=O. The van der Waals surface area contributed by atoms with E-state index in [1.54, 1.807) is 13.0 Å². The molecule has 2 saturated heterocycles. The van der Waals surface area contributed by atoms with Crippen molar-refractivity contribution in [2.24, 2.45) is 0 Å². The van der Waals surface area contributed by atoms with Crippen LogP contribution in [0.2, 0.25) is 0 Å². The number of pyridine rings is 1. The van der Waals surface area contributed by atoms with Crippen LogP contribution in [0, 0.1) is 18.3 Å². The Balaban J connectivity index is 2.21. The van der Waals surface area contributed by atoms with Gasteiger partial charge in [-0.05, 0) is 25.5 Å². The Kier molecular flexibility index (Phi) is 6.60. The Hall–Kier alpha value is -2.68. The van der Waals surface area contributed by atoms with Crippen LogP contribution in [0.15, 0.2) is 9.70 Å². The monoisotopic (exact) mass is 448 g/mol. The van der Waals surface area contributed by atoms with Crippen molar-refractivity contribution >= 4 is 52.1 Å². The number of carboxylic acids is 1. The molecule has 1 amide bonds. The molecule has 3 rings (SSSR count). The largest absolute Gasteiger partial charge is 0.480 e. The molecule has 1 aromatic heterocycles. The second-order valence-electron chi connectivity index (χ2n) is 6.66. The minimum Gasteiger partial charge on any atom is -0.480 e. The number of nitrogens with zero attached hydrogens (tertiary/aromatic N) is 4. The molecule has 2 fully saturated rings. The number of carboxylic acid groups (broad SMARTS) is 1. The first-order valence-electron chi connectivity index (χ1n) is 9.27. The van der Waals surface area contributed by atoms with E-state index in [4.69, 9.17) is 22.1 Å². The van der Waals surface area contributed by atoms with Crippen molar-refractivity contribution in [3.63, 3.8) is 0 Å².